The van der Waals surface area contributed by atoms with Crippen LogP contribution in [-0.2, 0) is 14.3 Å². The summed E-state index contributed by atoms with van der Waals surface area (Å²) in [4.78, 5) is 13.3. The summed E-state index contributed by atoms with van der Waals surface area (Å²) in [5.74, 6) is -0.701. The number of carbonyl (C=O) groups excluding carboxylic acids is 1. The maximum absolute atomic E-state index is 13.3. The van der Waals surface area contributed by atoms with E-state index in [2.05, 4.69) is 43.5 Å². The highest BCUT2D eigenvalue weighted by Crippen LogP contribution is 2.25. The zero-order valence-electron chi connectivity index (χ0n) is 63.7. The Morgan fingerprint density at radius 1 is 0.354 bits per heavy atom. The summed E-state index contributed by atoms with van der Waals surface area (Å²) in [6.45, 7) is 3.52. The van der Waals surface area contributed by atoms with Gasteiger partial charge < -0.3 is 50.5 Å². The van der Waals surface area contributed by atoms with Crippen LogP contribution in [0.15, 0.2) is 24.3 Å². The lowest BCUT2D eigenvalue weighted by Crippen LogP contribution is -2.60. The predicted molar refractivity (Wildman–Crippen MR) is 409 cm³/mol. The van der Waals surface area contributed by atoms with Crippen LogP contribution in [0.3, 0.4) is 0 Å². The van der Waals surface area contributed by atoms with E-state index in [0.717, 1.165) is 38.5 Å². The maximum Gasteiger partial charge on any atom is 0.249 e. The molecule has 1 aliphatic rings. The lowest BCUT2D eigenvalue weighted by molar-refractivity contribution is -0.303. The fraction of sp³-hybridized carbons (Fsp3) is 0.941. The zero-order valence-corrected chi connectivity index (χ0v) is 63.7. The van der Waals surface area contributed by atoms with Crippen LogP contribution in [0, 0.1) is 0 Å². The van der Waals surface area contributed by atoms with Crippen LogP contribution in [0.1, 0.15) is 444 Å². The lowest BCUT2D eigenvalue weighted by Gasteiger charge is -2.40. The first-order chi connectivity index (χ1) is 47.2. The molecule has 0 aromatic heterocycles. The quantitative estimate of drug-likeness (QED) is 0.0215. The van der Waals surface area contributed by atoms with Crippen molar-refractivity contribution in [1.29, 1.82) is 0 Å². The molecule has 11 nitrogen and oxygen atoms in total. The van der Waals surface area contributed by atoms with Gasteiger partial charge in [0.1, 0.15) is 36.6 Å². The van der Waals surface area contributed by atoms with E-state index in [1.54, 1.807) is 0 Å². The van der Waals surface area contributed by atoms with Gasteiger partial charge in [-0.25, -0.2) is 0 Å². The van der Waals surface area contributed by atoms with Gasteiger partial charge >= 0.3 is 0 Å². The van der Waals surface area contributed by atoms with Gasteiger partial charge in [-0.05, 0) is 51.4 Å². The number of rotatable bonds is 77. The number of nitrogens with one attached hydrogen (secondary N) is 1. The summed E-state index contributed by atoms with van der Waals surface area (Å²) in [6.07, 6.45) is 84.8. The van der Waals surface area contributed by atoms with Crippen molar-refractivity contribution in [3.8, 4) is 0 Å². The highest BCUT2D eigenvalue weighted by atomic mass is 16.7. The van der Waals surface area contributed by atoms with Crippen LogP contribution in [0.4, 0.5) is 0 Å². The second-order valence-electron chi connectivity index (χ2n) is 30.3. The molecule has 570 valence electrons. The molecule has 9 atom stereocenters. The standard InChI is InChI=1S/C85H165NO10/c1-3-5-7-9-11-13-15-17-19-21-23-25-27-29-31-33-35-36-37-38-39-40-41-43-45-47-49-51-53-55-57-59-61-63-65-67-69-71-73-78(89)84(94)86-76(75-95-85-83(93)82(92)81(91)79(74-87)96-85)80(90)77(88)72-70-68-66-64-62-60-58-56-54-52-50-48-46-44-42-34-32-30-28-26-24-22-20-18-16-14-12-10-8-6-4-2/h56,58,64,66,76-83,85,87-93H,3-55,57,59-63,65,67-75H2,1-2H3,(H,86,94)/b58-56+,66-64+. The Morgan fingerprint density at radius 3 is 0.927 bits per heavy atom. The van der Waals surface area contributed by atoms with Crippen molar-refractivity contribution in [1.82, 2.24) is 5.32 Å². The van der Waals surface area contributed by atoms with Crippen LogP contribution in [0.2, 0.25) is 0 Å². The molecule has 96 heavy (non-hydrogen) atoms. The van der Waals surface area contributed by atoms with E-state index in [1.165, 1.54) is 360 Å². The van der Waals surface area contributed by atoms with Gasteiger partial charge in [0, 0.05) is 0 Å². The summed E-state index contributed by atoms with van der Waals surface area (Å²) in [5, 5.41) is 76.8. The Balaban J connectivity index is 2.11. The summed E-state index contributed by atoms with van der Waals surface area (Å²) >= 11 is 0. The van der Waals surface area contributed by atoms with Gasteiger partial charge in [0.2, 0.25) is 5.91 Å². The molecule has 1 saturated heterocycles. The number of amides is 1. The second kappa shape index (κ2) is 73.3. The van der Waals surface area contributed by atoms with Gasteiger partial charge in [-0.15, -0.1) is 0 Å². The van der Waals surface area contributed by atoms with Crippen molar-refractivity contribution in [3.05, 3.63) is 24.3 Å². The maximum atomic E-state index is 13.3. The molecule has 8 N–H and O–H groups in total. The van der Waals surface area contributed by atoms with Crippen molar-refractivity contribution in [2.24, 2.45) is 0 Å². The number of aliphatic hydroxyl groups is 7. The van der Waals surface area contributed by atoms with Crippen molar-refractivity contribution >= 4 is 5.91 Å². The first-order valence-electron chi connectivity index (χ1n) is 42.7. The molecule has 0 aromatic carbocycles. The highest BCUT2D eigenvalue weighted by Gasteiger charge is 2.44. The predicted octanol–water partition coefficient (Wildman–Crippen LogP) is 22.7. The average Bonchev–Trinajstić information content (AvgIpc) is 1.24. The van der Waals surface area contributed by atoms with Gasteiger partial charge in [0.25, 0.3) is 0 Å². The van der Waals surface area contributed by atoms with Crippen molar-refractivity contribution in [2.75, 3.05) is 13.2 Å². The molecule has 0 bridgehead atoms. The second-order valence-corrected chi connectivity index (χ2v) is 30.3. The van der Waals surface area contributed by atoms with E-state index < -0.39 is 74.2 Å². The molecule has 0 aromatic rings. The number of hydrogen-bond acceptors (Lipinski definition) is 10. The number of allylic oxidation sites excluding steroid dienone is 4. The third kappa shape index (κ3) is 59.2. The first-order valence-corrected chi connectivity index (χ1v) is 42.7. The topological polar surface area (TPSA) is 189 Å². The van der Waals surface area contributed by atoms with E-state index in [0.29, 0.717) is 19.3 Å². The molecular formula is C85H165NO10. The Kier molecular flexibility index (Phi) is 70.7. The van der Waals surface area contributed by atoms with E-state index in [1.807, 2.05) is 0 Å². The molecule has 0 saturated carbocycles. The van der Waals surface area contributed by atoms with Gasteiger partial charge in [-0.1, -0.05) is 417 Å². The minimum atomic E-state index is -1.67. The monoisotopic (exact) mass is 1360 g/mol. The largest absolute Gasteiger partial charge is 0.394 e. The molecule has 1 fully saturated rings. The van der Waals surface area contributed by atoms with Gasteiger partial charge in [0.15, 0.2) is 6.29 Å². The summed E-state index contributed by atoms with van der Waals surface area (Å²) in [6, 6.07) is -1.19. The van der Waals surface area contributed by atoms with Crippen LogP contribution in [0.25, 0.3) is 0 Å². The Morgan fingerprint density at radius 2 is 0.625 bits per heavy atom. The van der Waals surface area contributed by atoms with Gasteiger partial charge in [0.05, 0.1) is 25.4 Å². The molecule has 1 heterocycles. The first kappa shape index (κ1) is 92.6. The lowest BCUT2D eigenvalue weighted by atomic mass is 9.98. The van der Waals surface area contributed by atoms with E-state index >= 15 is 0 Å². The van der Waals surface area contributed by atoms with Crippen molar-refractivity contribution in [3.63, 3.8) is 0 Å². The number of aliphatic hydroxyl groups excluding tert-OH is 7. The normalized spacial score (nSPS) is 18.1. The molecular weight excluding hydrogens is 1190 g/mol. The number of ether oxygens (including phenoxy) is 2. The molecule has 11 heteroatoms. The molecule has 1 rings (SSSR count). The Hall–Kier alpha value is -1.41. The number of hydrogen-bond donors (Lipinski definition) is 8. The summed E-state index contributed by atoms with van der Waals surface area (Å²) in [5.41, 5.74) is 0. The van der Waals surface area contributed by atoms with E-state index in [-0.39, 0.29) is 12.8 Å². The number of carbonyl (C=O) groups is 1. The van der Waals surface area contributed by atoms with E-state index in [9.17, 15) is 40.5 Å². The fourth-order valence-electron chi connectivity index (χ4n) is 14.2. The minimum absolute atomic E-state index is 0.250. The molecule has 1 amide bonds. The number of unbranched alkanes of at least 4 members (excludes halogenated alkanes) is 61. The third-order valence-electron chi connectivity index (χ3n) is 21.0. The van der Waals surface area contributed by atoms with Crippen LogP contribution >= 0.6 is 0 Å². The van der Waals surface area contributed by atoms with Gasteiger partial charge in [-0.2, -0.15) is 0 Å². The van der Waals surface area contributed by atoms with Gasteiger partial charge in [-0.3, -0.25) is 4.79 Å². The molecule has 9 unspecified atom stereocenters. The fourth-order valence-corrected chi connectivity index (χ4v) is 14.2. The Bertz CT molecular complexity index is 1610. The molecule has 0 spiro atoms. The Labute approximate surface area is 595 Å². The van der Waals surface area contributed by atoms with Crippen LogP contribution in [0.5, 0.6) is 0 Å². The molecule has 1 aliphatic heterocycles. The van der Waals surface area contributed by atoms with Crippen molar-refractivity contribution < 1.29 is 50.0 Å². The highest BCUT2D eigenvalue weighted by molar-refractivity contribution is 5.80. The van der Waals surface area contributed by atoms with Crippen LogP contribution in [-0.4, -0.2) is 110 Å². The minimum Gasteiger partial charge on any atom is -0.394 e. The zero-order chi connectivity index (χ0) is 69.5. The third-order valence-corrected chi connectivity index (χ3v) is 21.0. The van der Waals surface area contributed by atoms with E-state index in [4.69, 9.17) is 9.47 Å². The smallest absolute Gasteiger partial charge is 0.249 e. The molecule has 0 radical (unpaired) electrons. The SMILES string of the molecule is CCCCCCCCCCCCCCCCCCCCCCCC/C=C/CC/C=C/CCCC(O)C(O)C(COC1OC(CO)C(O)C(O)C1O)NC(=O)C(O)CCCCCCCCCCCCCCCCCCCCCCCCCCCCCCCCCCCCCCCC. The summed E-state index contributed by atoms with van der Waals surface area (Å²) in [7, 11) is 0. The van der Waals surface area contributed by atoms with Crippen molar-refractivity contribution in [2.45, 2.75) is 499 Å². The average molecular weight is 1360 g/mol. The molecule has 0 aliphatic carbocycles. The summed E-state index contributed by atoms with van der Waals surface area (Å²) < 4.78 is 11.2. The van der Waals surface area contributed by atoms with Crippen LogP contribution < -0.4 is 5.32 Å².